The van der Waals surface area contributed by atoms with Crippen LogP contribution in [-0.2, 0) is 0 Å². The Morgan fingerprint density at radius 3 is 1.62 bits per heavy atom. The summed E-state index contributed by atoms with van der Waals surface area (Å²) in [6, 6.07) is 28.6. The second kappa shape index (κ2) is 8.99. The number of rotatable bonds is 6. The third kappa shape index (κ3) is 3.30. The number of para-hydroxylation sites is 2. The van der Waals surface area contributed by atoms with Crippen molar-refractivity contribution < 1.29 is 18.9 Å². The Kier molecular flexibility index (Phi) is 5.72. The van der Waals surface area contributed by atoms with E-state index < -0.39 is 0 Å². The minimum Gasteiger partial charge on any atom is -0.496 e. The molecule has 0 aliphatic heterocycles. The van der Waals surface area contributed by atoms with Gasteiger partial charge in [0.2, 0.25) is 0 Å². The maximum atomic E-state index is 6.09. The van der Waals surface area contributed by atoms with Gasteiger partial charge in [-0.05, 0) is 28.3 Å². The fraction of sp³-hybridized carbons (Fsp3) is 0.133. The summed E-state index contributed by atoms with van der Waals surface area (Å²) in [4.78, 5) is 0. The first kappa shape index (κ1) is 21.7. The van der Waals surface area contributed by atoms with Gasteiger partial charge in [0.15, 0.2) is 11.5 Å². The van der Waals surface area contributed by atoms with E-state index in [0.717, 1.165) is 55.3 Å². The van der Waals surface area contributed by atoms with Gasteiger partial charge in [-0.15, -0.1) is 0 Å². The molecule has 0 saturated carbocycles. The first-order chi connectivity index (χ1) is 16.7. The largest absolute Gasteiger partial charge is 0.496 e. The van der Waals surface area contributed by atoms with Crippen molar-refractivity contribution in [3.8, 4) is 45.3 Å². The molecule has 0 N–H and O–H groups in total. The van der Waals surface area contributed by atoms with E-state index in [1.807, 2.05) is 54.6 Å². The van der Waals surface area contributed by atoms with Crippen LogP contribution in [0.2, 0.25) is 0 Å². The molecule has 0 heterocycles. The van der Waals surface area contributed by atoms with Crippen LogP contribution in [0, 0.1) is 0 Å². The van der Waals surface area contributed by atoms with Crippen LogP contribution >= 0.6 is 0 Å². The molecule has 34 heavy (non-hydrogen) atoms. The summed E-state index contributed by atoms with van der Waals surface area (Å²) in [6.07, 6.45) is 0. The predicted octanol–water partition coefficient (Wildman–Crippen LogP) is 7.36. The van der Waals surface area contributed by atoms with Crippen molar-refractivity contribution >= 4 is 21.5 Å². The zero-order valence-electron chi connectivity index (χ0n) is 19.7. The Labute approximate surface area is 199 Å². The SMILES string of the molecule is COc1ccccc1-c1c(OC)c(OC)c2c(ccc3ccccc32)c1-c1ccccc1OC. The minimum atomic E-state index is 0.650. The lowest BCUT2D eigenvalue weighted by Crippen LogP contribution is -2.01. The van der Waals surface area contributed by atoms with E-state index in [1.54, 1.807) is 28.4 Å². The standard InChI is InChI=1S/C30H26O4/c1-31-24-15-9-7-13-21(24)26-23-18-17-19-11-5-6-12-20(19)27(23)29(33-3)30(34-4)28(26)22-14-8-10-16-25(22)32-2/h5-18H,1-4H3. The van der Waals surface area contributed by atoms with Crippen LogP contribution < -0.4 is 18.9 Å². The molecule has 0 aromatic heterocycles. The van der Waals surface area contributed by atoms with Gasteiger partial charge in [-0.25, -0.2) is 0 Å². The fourth-order valence-electron chi connectivity index (χ4n) is 4.83. The van der Waals surface area contributed by atoms with Gasteiger partial charge in [0.1, 0.15) is 11.5 Å². The molecule has 170 valence electrons. The molecular weight excluding hydrogens is 424 g/mol. The maximum absolute atomic E-state index is 6.09. The number of methoxy groups -OCH3 is 4. The smallest absolute Gasteiger partial charge is 0.169 e. The molecule has 4 heteroatoms. The number of fused-ring (bicyclic) bond motifs is 3. The molecule has 0 fully saturated rings. The second-order valence-electron chi connectivity index (χ2n) is 7.93. The monoisotopic (exact) mass is 450 g/mol. The number of hydrogen-bond donors (Lipinski definition) is 0. The van der Waals surface area contributed by atoms with E-state index in [9.17, 15) is 0 Å². The van der Waals surface area contributed by atoms with Crippen LogP contribution in [0.5, 0.6) is 23.0 Å². The van der Waals surface area contributed by atoms with Crippen LogP contribution in [0.1, 0.15) is 0 Å². The quantitative estimate of drug-likeness (QED) is 0.253. The van der Waals surface area contributed by atoms with Crippen LogP contribution in [-0.4, -0.2) is 28.4 Å². The highest BCUT2D eigenvalue weighted by Crippen LogP contribution is 2.55. The average molecular weight is 451 g/mol. The lowest BCUT2D eigenvalue weighted by atomic mass is 9.86. The molecule has 0 bridgehead atoms. The third-order valence-electron chi connectivity index (χ3n) is 6.27. The summed E-state index contributed by atoms with van der Waals surface area (Å²) >= 11 is 0. The second-order valence-corrected chi connectivity index (χ2v) is 7.93. The van der Waals surface area contributed by atoms with Gasteiger partial charge in [-0.3, -0.25) is 0 Å². The summed E-state index contributed by atoms with van der Waals surface area (Å²) in [5.41, 5.74) is 3.77. The van der Waals surface area contributed by atoms with E-state index >= 15 is 0 Å². The van der Waals surface area contributed by atoms with Gasteiger partial charge in [-0.2, -0.15) is 0 Å². The molecule has 5 rings (SSSR count). The normalized spacial score (nSPS) is 10.9. The Hall–Kier alpha value is -4.18. The highest BCUT2D eigenvalue weighted by molar-refractivity contribution is 6.20. The van der Waals surface area contributed by atoms with Crippen molar-refractivity contribution in [3.05, 3.63) is 84.9 Å². The van der Waals surface area contributed by atoms with Gasteiger partial charge in [0.25, 0.3) is 0 Å². The minimum absolute atomic E-state index is 0.650. The van der Waals surface area contributed by atoms with E-state index in [2.05, 4.69) is 30.3 Å². The van der Waals surface area contributed by atoms with Gasteiger partial charge >= 0.3 is 0 Å². The van der Waals surface area contributed by atoms with Crippen molar-refractivity contribution in [2.45, 2.75) is 0 Å². The van der Waals surface area contributed by atoms with Crippen molar-refractivity contribution in [1.29, 1.82) is 0 Å². The Balaban J connectivity index is 2.09. The summed E-state index contributed by atoms with van der Waals surface area (Å²) < 4.78 is 23.7. The van der Waals surface area contributed by atoms with Gasteiger partial charge in [0.05, 0.1) is 28.4 Å². The molecular formula is C30H26O4. The van der Waals surface area contributed by atoms with E-state index in [0.29, 0.717) is 11.5 Å². The lowest BCUT2D eigenvalue weighted by Gasteiger charge is -2.24. The number of benzene rings is 5. The molecule has 0 radical (unpaired) electrons. The summed E-state index contributed by atoms with van der Waals surface area (Å²) in [6.45, 7) is 0. The van der Waals surface area contributed by atoms with Crippen molar-refractivity contribution in [2.75, 3.05) is 28.4 Å². The van der Waals surface area contributed by atoms with Crippen molar-refractivity contribution in [3.63, 3.8) is 0 Å². The molecule has 0 saturated heterocycles. The van der Waals surface area contributed by atoms with E-state index in [1.165, 1.54) is 0 Å². The first-order valence-corrected chi connectivity index (χ1v) is 11.1. The Morgan fingerprint density at radius 1 is 0.441 bits per heavy atom. The van der Waals surface area contributed by atoms with Crippen molar-refractivity contribution in [1.82, 2.24) is 0 Å². The van der Waals surface area contributed by atoms with Crippen LogP contribution in [0.15, 0.2) is 84.9 Å². The molecule has 0 amide bonds. The lowest BCUT2D eigenvalue weighted by molar-refractivity contribution is 0.359. The maximum Gasteiger partial charge on any atom is 0.169 e. The van der Waals surface area contributed by atoms with Gasteiger partial charge in [-0.1, -0.05) is 72.8 Å². The Bertz CT molecular complexity index is 1500. The topological polar surface area (TPSA) is 36.9 Å². The van der Waals surface area contributed by atoms with Crippen LogP contribution in [0.25, 0.3) is 43.8 Å². The van der Waals surface area contributed by atoms with Gasteiger partial charge < -0.3 is 18.9 Å². The number of ether oxygens (including phenoxy) is 4. The molecule has 5 aromatic carbocycles. The molecule has 5 aromatic rings. The first-order valence-electron chi connectivity index (χ1n) is 11.1. The van der Waals surface area contributed by atoms with E-state index in [-0.39, 0.29) is 0 Å². The molecule has 0 atom stereocenters. The summed E-state index contributed by atoms with van der Waals surface area (Å²) in [5, 5.41) is 4.27. The summed E-state index contributed by atoms with van der Waals surface area (Å²) in [7, 11) is 6.74. The fourth-order valence-corrected chi connectivity index (χ4v) is 4.83. The molecule has 0 aliphatic carbocycles. The highest BCUT2D eigenvalue weighted by atomic mass is 16.5. The van der Waals surface area contributed by atoms with Crippen LogP contribution in [0.3, 0.4) is 0 Å². The molecule has 0 unspecified atom stereocenters. The molecule has 0 spiro atoms. The predicted molar refractivity (Wildman–Crippen MR) is 139 cm³/mol. The van der Waals surface area contributed by atoms with Crippen molar-refractivity contribution in [2.24, 2.45) is 0 Å². The van der Waals surface area contributed by atoms with E-state index in [4.69, 9.17) is 18.9 Å². The van der Waals surface area contributed by atoms with Gasteiger partial charge in [0, 0.05) is 27.6 Å². The average Bonchev–Trinajstić information content (AvgIpc) is 2.91. The highest BCUT2D eigenvalue weighted by Gasteiger charge is 2.27. The molecule has 0 aliphatic rings. The third-order valence-corrected chi connectivity index (χ3v) is 6.27. The summed E-state index contributed by atoms with van der Waals surface area (Å²) in [5.74, 6) is 2.87. The zero-order valence-corrected chi connectivity index (χ0v) is 19.7. The Morgan fingerprint density at radius 2 is 1.00 bits per heavy atom. The number of hydrogen-bond acceptors (Lipinski definition) is 4. The van der Waals surface area contributed by atoms with Crippen LogP contribution in [0.4, 0.5) is 0 Å². The molecule has 4 nitrogen and oxygen atoms in total. The zero-order chi connectivity index (χ0) is 23.7.